The van der Waals surface area contributed by atoms with Gasteiger partial charge in [0, 0.05) is 24.6 Å². The molecule has 0 radical (unpaired) electrons. The van der Waals surface area contributed by atoms with Gasteiger partial charge >= 0.3 is 0 Å². The van der Waals surface area contributed by atoms with E-state index < -0.39 is 0 Å². The number of nitrogens with one attached hydrogen (secondary N) is 1. The van der Waals surface area contributed by atoms with Crippen molar-refractivity contribution in [2.24, 2.45) is 5.92 Å². The minimum atomic E-state index is -0.0989. The molecule has 0 fully saturated rings. The summed E-state index contributed by atoms with van der Waals surface area (Å²) in [5, 5.41) is 12.0. The van der Waals surface area contributed by atoms with Crippen molar-refractivity contribution in [3.8, 4) is 0 Å². The summed E-state index contributed by atoms with van der Waals surface area (Å²) in [4.78, 5) is 11.9. The zero-order chi connectivity index (χ0) is 14.5. The van der Waals surface area contributed by atoms with E-state index in [0.717, 1.165) is 17.5 Å². The standard InChI is InChI=1S/C17H21NO2/c1-12-3-5-15(13(2)9-12)6-8-17(20)18-16-7-4-14(10-16)11-19/h3-9,14,16,19H,10-11H2,1-2H3,(H,18,20)/b8-6+/t14-,16+/m0/s1. The third kappa shape index (κ3) is 3.81. The second kappa shape index (κ2) is 6.53. The van der Waals surface area contributed by atoms with Crippen LogP contribution in [0.15, 0.2) is 36.4 Å². The van der Waals surface area contributed by atoms with E-state index in [-0.39, 0.29) is 24.5 Å². The van der Waals surface area contributed by atoms with Gasteiger partial charge in [0.25, 0.3) is 0 Å². The Morgan fingerprint density at radius 2 is 2.20 bits per heavy atom. The molecule has 1 aliphatic rings. The maximum absolute atomic E-state index is 11.9. The summed E-state index contributed by atoms with van der Waals surface area (Å²) in [5.74, 6) is 0.0711. The van der Waals surface area contributed by atoms with E-state index in [1.165, 1.54) is 5.56 Å². The predicted octanol–water partition coefficient (Wildman–Crippen LogP) is 2.37. The molecule has 1 aromatic carbocycles. The highest BCUT2D eigenvalue weighted by Gasteiger charge is 2.18. The van der Waals surface area contributed by atoms with Gasteiger partial charge < -0.3 is 10.4 Å². The van der Waals surface area contributed by atoms with Gasteiger partial charge in [0.1, 0.15) is 0 Å². The lowest BCUT2D eigenvalue weighted by molar-refractivity contribution is -0.116. The molecule has 0 unspecified atom stereocenters. The van der Waals surface area contributed by atoms with Gasteiger partial charge in [-0.05, 0) is 37.5 Å². The van der Waals surface area contributed by atoms with Crippen molar-refractivity contribution in [2.45, 2.75) is 26.3 Å². The fourth-order valence-corrected chi connectivity index (χ4v) is 2.43. The topological polar surface area (TPSA) is 49.3 Å². The van der Waals surface area contributed by atoms with Gasteiger partial charge in [0.2, 0.25) is 5.91 Å². The van der Waals surface area contributed by atoms with Crippen LogP contribution in [0.5, 0.6) is 0 Å². The number of benzene rings is 1. The summed E-state index contributed by atoms with van der Waals surface area (Å²) in [7, 11) is 0. The van der Waals surface area contributed by atoms with Gasteiger partial charge in [-0.3, -0.25) is 4.79 Å². The largest absolute Gasteiger partial charge is 0.396 e. The molecule has 2 N–H and O–H groups in total. The minimum Gasteiger partial charge on any atom is -0.396 e. The Labute approximate surface area is 120 Å². The number of aliphatic hydroxyl groups excluding tert-OH is 1. The number of hydrogen-bond acceptors (Lipinski definition) is 2. The molecule has 0 aromatic heterocycles. The van der Waals surface area contributed by atoms with E-state index in [4.69, 9.17) is 5.11 Å². The van der Waals surface area contributed by atoms with Crippen molar-refractivity contribution < 1.29 is 9.90 Å². The predicted molar refractivity (Wildman–Crippen MR) is 81.2 cm³/mol. The average Bonchev–Trinajstić information content (AvgIpc) is 2.85. The molecule has 20 heavy (non-hydrogen) atoms. The van der Waals surface area contributed by atoms with Crippen LogP contribution in [0, 0.1) is 19.8 Å². The van der Waals surface area contributed by atoms with Crippen LogP contribution < -0.4 is 5.32 Å². The molecular weight excluding hydrogens is 250 g/mol. The van der Waals surface area contributed by atoms with Crippen molar-refractivity contribution in [1.29, 1.82) is 0 Å². The number of carbonyl (C=O) groups excluding carboxylic acids is 1. The van der Waals surface area contributed by atoms with E-state index in [1.807, 2.05) is 37.3 Å². The zero-order valence-corrected chi connectivity index (χ0v) is 12.0. The summed E-state index contributed by atoms with van der Waals surface area (Å²) >= 11 is 0. The molecule has 2 atom stereocenters. The molecular formula is C17H21NO2. The first-order valence-corrected chi connectivity index (χ1v) is 6.93. The van der Waals surface area contributed by atoms with Gasteiger partial charge in [-0.15, -0.1) is 0 Å². The zero-order valence-electron chi connectivity index (χ0n) is 12.0. The Balaban J connectivity index is 1.91. The van der Waals surface area contributed by atoms with Crippen LogP contribution in [0.25, 0.3) is 6.08 Å². The van der Waals surface area contributed by atoms with Gasteiger partial charge in [-0.1, -0.05) is 35.9 Å². The molecule has 0 heterocycles. The first-order valence-electron chi connectivity index (χ1n) is 6.93. The molecule has 1 aliphatic carbocycles. The maximum Gasteiger partial charge on any atom is 0.244 e. The Hall–Kier alpha value is -1.87. The lowest BCUT2D eigenvalue weighted by atomic mass is 10.1. The number of aliphatic hydroxyl groups is 1. The van der Waals surface area contributed by atoms with Crippen molar-refractivity contribution in [3.05, 3.63) is 53.1 Å². The number of hydrogen-bond donors (Lipinski definition) is 2. The lowest BCUT2D eigenvalue weighted by Gasteiger charge is -2.10. The molecule has 106 valence electrons. The normalized spacial score (nSPS) is 21.6. The molecule has 0 bridgehead atoms. The Kier molecular flexibility index (Phi) is 4.74. The monoisotopic (exact) mass is 271 g/mol. The molecule has 1 amide bonds. The van der Waals surface area contributed by atoms with E-state index in [0.29, 0.717) is 0 Å². The SMILES string of the molecule is Cc1ccc(/C=C/C(=O)N[C@@H]2C=C[C@H](CO)C2)c(C)c1. The molecule has 0 saturated heterocycles. The summed E-state index contributed by atoms with van der Waals surface area (Å²) < 4.78 is 0. The molecule has 2 rings (SSSR count). The molecule has 0 spiro atoms. The van der Waals surface area contributed by atoms with Crippen LogP contribution in [0.1, 0.15) is 23.1 Å². The Morgan fingerprint density at radius 3 is 2.85 bits per heavy atom. The number of carbonyl (C=O) groups is 1. The van der Waals surface area contributed by atoms with Gasteiger partial charge in [0.15, 0.2) is 0 Å². The fraction of sp³-hybridized carbons (Fsp3) is 0.353. The number of aryl methyl sites for hydroxylation is 2. The van der Waals surface area contributed by atoms with Crippen LogP contribution in [-0.4, -0.2) is 23.7 Å². The Morgan fingerprint density at radius 1 is 1.40 bits per heavy atom. The van der Waals surface area contributed by atoms with Crippen LogP contribution in [0.3, 0.4) is 0 Å². The van der Waals surface area contributed by atoms with Crippen LogP contribution in [0.4, 0.5) is 0 Å². The van der Waals surface area contributed by atoms with E-state index in [1.54, 1.807) is 6.08 Å². The van der Waals surface area contributed by atoms with Crippen LogP contribution in [-0.2, 0) is 4.79 Å². The van der Waals surface area contributed by atoms with Crippen LogP contribution >= 0.6 is 0 Å². The molecule has 1 aromatic rings. The van der Waals surface area contributed by atoms with E-state index >= 15 is 0 Å². The maximum atomic E-state index is 11.9. The summed E-state index contributed by atoms with van der Waals surface area (Å²) in [6, 6.07) is 6.19. The highest BCUT2D eigenvalue weighted by atomic mass is 16.3. The first kappa shape index (κ1) is 14.5. The van der Waals surface area contributed by atoms with Crippen molar-refractivity contribution in [3.63, 3.8) is 0 Å². The number of rotatable bonds is 4. The fourth-order valence-electron chi connectivity index (χ4n) is 2.43. The molecule has 0 aliphatic heterocycles. The summed E-state index contributed by atoms with van der Waals surface area (Å²) in [6.07, 6.45) is 8.09. The third-order valence-corrected chi connectivity index (χ3v) is 3.57. The molecule has 3 heteroatoms. The summed E-state index contributed by atoms with van der Waals surface area (Å²) in [6.45, 7) is 4.23. The first-order chi connectivity index (χ1) is 9.58. The Bertz CT molecular complexity index is 546. The van der Waals surface area contributed by atoms with Crippen molar-refractivity contribution >= 4 is 12.0 Å². The van der Waals surface area contributed by atoms with E-state index in [2.05, 4.69) is 18.3 Å². The second-order valence-corrected chi connectivity index (χ2v) is 5.37. The molecule has 0 saturated carbocycles. The number of amides is 1. The van der Waals surface area contributed by atoms with E-state index in [9.17, 15) is 4.79 Å². The van der Waals surface area contributed by atoms with Gasteiger partial charge in [0.05, 0.1) is 0 Å². The summed E-state index contributed by atoms with van der Waals surface area (Å²) in [5.41, 5.74) is 3.44. The van der Waals surface area contributed by atoms with Crippen molar-refractivity contribution in [2.75, 3.05) is 6.61 Å². The van der Waals surface area contributed by atoms with Crippen molar-refractivity contribution in [1.82, 2.24) is 5.32 Å². The van der Waals surface area contributed by atoms with Crippen LogP contribution in [0.2, 0.25) is 0 Å². The minimum absolute atomic E-state index is 0.0309. The van der Waals surface area contributed by atoms with Gasteiger partial charge in [-0.2, -0.15) is 0 Å². The molecule has 3 nitrogen and oxygen atoms in total. The highest BCUT2D eigenvalue weighted by molar-refractivity contribution is 5.92. The lowest BCUT2D eigenvalue weighted by Crippen LogP contribution is -2.31. The third-order valence-electron chi connectivity index (χ3n) is 3.57. The second-order valence-electron chi connectivity index (χ2n) is 5.37. The quantitative estimate of drug-likeness (QED) is 0.652. The average molecular weight is 271 g/mol. The highest BCUT2D eigenvalue weighted by Crippen LogP contribution is 2.17. The smallest absolute Gasteiger partial charge is 0.244 e. The van der Waals surface area contributed by atoms with Gasteiger partial charge in [-0.25, -0.2) is 0 Å².